The first-order chi connectivity index (χ1) is 6.87. The smallest absolute Gasteiger partial charge is 0.361 e. The fourth-order valence-electron chi connectivity index (χ4n) is 1.22. The molecule has 84 valence electrons. The van der Waals surface area contributed by atoms with Crippen molar-refractivity contribution in [2.45, 2.75) is 19.1 Å². The summed E-state index contributed by atoms with van der Waals surface area (Å²) in [4.78, 5) is 17.3. The van der Waals surface area contributed by atoms with Crippen molar-refractivity contribution in [2.75, 3.05) is 0 Å². The Hall–Kier alpha value is -0.710. The maximum atomic E-state index is 10.7. The number of benzene rings is 1. The van der Waals surface area contributed by atoms with Crippen LogP contribution in [0.2, 0.25) is 0 Å². The predicted octanol–water partition coefficient (Wildman–Crippen LogP) is 1.35. The summed E-state index contributed by atoms with van der Waals surface area (Å²) in [5.74, 6) is -1.94. The van der Waals surface area contributed by atoms with Gasteiger partial charge in [-0.1, -0.05) is 37.3 Å². The average molecular weight is 232 g/mol. The van der Waals surface area contributed by atoms with Crippen molar-refractivity contribution in [2.24, 2.45) is 0 Å². The number of hydrogen-bond acceptors (Lipinski definition) is 3. The van der Waals surface area contributed by atoms with E-state index >= 15 is 0 Å². The summed E-state index contributed by atoms with van der Waals surface area (Å²) < 4.78 is 15.1. The molecule has 3 N–H and O–H groups in total. The Morgan fingerprint density at radius 3 is 2.27 bits per heavy atom. The molecule has 0 aliphatic rings. The zero-order valence-corrected chi connectivity index (χ0v) is 9.09. The summed E-state index contributed by atoms with van der Waals surface area (Å²) >= 11 is 0. The van der Waals surface area contributed by atoms with Gasteiger partial charge in [-0.15, -0.1) is 0 Å². The highest BCUT2D eigenvalue weighted by atomic mass is 31.2. The van der Waals surface area contributed by atoms with Crippen LogP contribution < -0.4 is 0 Å². The molecular formula is C9H13O5P. The molecule has 6 heteroatoms. The van der Waals surface area contributed by atoms with Crippen LogP contribution in [0.1, 0.15) is 18.9 Å². The number of phosphoric ester groups is 1. The highest BCUT2D eigenvalue weighted by Crippen LogP contribution is 2.45. The first kappa shape index (κ1) is 12.4. The van der Waals surface area contributed by atoms with Crippen LogP contribution in [-0.2, 0) is 14.9 Å². The van der Waals surface area contributed by atoms with Gasteiger partial charge in [0, 0.05) is 12.0 Å². The zero-order valence-electron chi connectivity index (χ0n) is 8.20. The fourth-order valence-corrected chi connectivity index (χ4v) is 1.84. The summed E-state index contributed by atoms with van der Waals surface area (Å²) in [6, 6.07) is 8.12. The van der Waals surface area contributed by atoms with E-state index in [0.717, 1.165) is 0 Å². The van der Waals surface area contributed by atoms with Crippen molar-refractivity contribution in [1.82, 2.24) is 0 Å². The topological polar surface area (TPSA) is 87.0 Å². The molecule has 1 unspecified atom stereocenters. The minimum absolute atomic E-state index is 0.0438. The second-order valence-electron chi connectivity index (χ2n) is 3.09. The van der Waals surface area contributed by atoms with Gasteiger partial charge in [0.05, 0.1) is 0 Å². The molecule has 0 aliphatic heterocycles. The van der Waals surface area contributed by atoms with Crippen molar-refractivity contribution in [1.29, 1.82) is 0 Å². The van der Waals surface area contributed by atoms with Crippen LogP contribution in [0.3, 0.4) is 0 Å². The number of phosphoric acid groups is 1. The minimum atomic E-state index is -4.72. The van der Waals surface area contributed by atoms with Crippen molar-refractivity contribution >= 4 is 7.82 Å². The fraction of sp³-hybridized carbons (Fsp3) is 0.333. The molecule has 1 aromatic rings. The second-order valence-corrected chi connectivity index (χ2v) is 4.25. The molecule has 1 rings (SSSR count). The number of hydrogen-bond donors (Lipinski definition) is 3. The molecule has 0 aliphatic carbocycles. The molecule has 1 aromatic carbocycles. The van der Waals surface area contributed by atoms with Gasteiger partial charge >= 0.3 is 7.82 Å². The van der Waals surface area contributed by atoms with Crippen LogP contribution in [0.5, 0.6) is 0 Å². The third-order valence-electron chi connectivity index (χ3n) is 1.97. The largest absolute Gasteiger partial charge is 0.472 e. The van der Waals surface area contributed by atoms with Gasteiger partial charge in [0.2, 0.25) is 5.79 Å². The van der Waals surface area contributed by atoms with Gasteiger partial charge in [-0.3, -0.25) is 0 Å². The van der Waals surface area contributed by atoms with Crippen LogP contribution >= 0.6 is 7.82 Å². The molecule has 15 heavy (non-hydrogen) atoms. The molecule has 0 bridgehead atoms. The third kappa shape index (κ3) is 3.41. The lowest BCUT2D eigenvalue weighted by molar-refractivity contribution is -0.159. The third-order valence-corrected chi connectivity index (χ3v) is 2.51. The molecule has 0 fully saturated rings. The Balaban J connectivity index is 3.01. The van der Waals surface area contributed by atoms with Gasteiger partial charge in [0.25, 0.3) is 0 Å². The molecule has 0 radical (unpaired) electrons. The Morgan fingerprint density at radius 2 is 1.87 bits per heavy atom. The first-order valence-electron chi connectivity index (χ1n) is 4.41. The highest BCUT2D eigenvalue weighted by Gasteiger charge is 2.35. The van der Waals surface area contributed by atoms with Crippen molar-refractivity contribution in [3.63, 3.8) is 0 Å². The van der Waals surface area contributed by atoms with E-state index in [1.165, 1.54) is 0 Å². The van der Waals surface area contributed by atoms with E-state index < -0.39 is 13.6 Å². The molecule has 0 saturated heterocycles. The lowest BCUT2D eigenvalue weighted by atomic mass is 10.0. The molecule has 0 spiro atoms. The van der Waals surface area contributed by atoms with E-state index in [9.17, 15) is 9.67 Å². The average Bonchev–Trinajstić information content (AvgIpc) is 2.16. The predicted molar refractivity (Wildman–Crippen MR) is 53.8 cm³/mol. The highest BCUT2D eigenvalue weighted by molar-refractivity contribution is 7.46. The van der Waals surface area contributed by atoms with Gasteiger partial charge in [-0.05, 0) is 0 Å². The van der Waals surface area contributed by atoms with Crippen LogP contribution in [0.4, 0.5) is 0 Å². The Kier molecular flexibility index (Phi) is 3.65. The van der Waals surface area contributed by atoms with Gasteiger partial charge in [0.15, 0.2) is 0 Å². The van der Waals surface area contributed by atoms with E-state index in [4.69, 9.17) is 9.79 Å². The normalized spacial score (nSPS) is 16.0. The number of rotatable bonds is 4. The summed E-state index contributed by atoms with van der Waals surface area (Å²) in [7, 11) is -4.72. The summed E-state index contributed by atoms with van der Waals surface area (Å²) in [5.41, 5.74) is 0.316. The Labute approximate surface area is 87.6 Å². The maximum absolute atomic E-state index is 10.7. The van der Waals surface area contributed by atoms with Gasteiger partial charge < -0.3 is 14.9 Å². The van der Waals surface area contributed by atoms with Gasteiger partial charge in [-0.2, -0.15) is 0 Å². The first-order valence-corrected chi connectivity index (χ1v) is 5.94. The maximum Gasteiger partial charge on any atom is 0.472 e. The number of aliphatic hydroxyl groups is 1. The molecule has 0 heterocycles. The van der Waals surface area contributed by atoms with E-state index in [-0.39, 0.29) is 6.42 Å². The van der Waals surface area contributed by atoms with Gasteiger partial charge in [-0.25, -0.2) is 9.09 Å². The Morgan fingerprint density at radius 1 is 1.33 bits per heavy atom. The summed E-state index contributed by atoms with van der Waals surface area (Å²) in [6.45, 7) is 1.57. The standard InChI is InChI=1S/C9H13O5P/c1-2-9(10,14-15(11,12)13)8-6-4-3-5-7-8/h3-7,10H,2H2,1H3,(H2,11,12,13). The molecule has 0 saturated carbocycles. The zero-order chi connectivity index (χ0) is 11.5. The molecule has 0 aromatic heterocycles. The lowest BCUT2D eigenvalue weighted by Gasteiger charge is -2.27. The van der Waals surface area contributed by atoms with Crippen LogP contribution in [0, 0.1) is 0 Å². The lowest BCUT2D eigenvalue weighted by Crippen LogP contribution is -2.27. The monoisotopic (exact) mass is 232 g/mol. The molecule has 5 nitrogen and oxygen atoms in total. The Bertz CT molecular complexity index is 360. The van der Waals surface area contributed by atoms with Crippen molar-refractivity contribution in [3.8, 4) is 0 Å². The van der Waals surface area contributed by atoms with E-state index in [1.807, 2.05) is 0 Å². The van der Waals surface area contributed by atoms with Crippen molar-refractivity contribution in [3.05, 3.63) is 35.9 Å². The van der Waals surface area contributed by atoms with Crippen LogP contribution in [-0.4, -0.2) is 14.9 Å². The second kappa shape index (κ2) is 4.43. The SMILES string of the molecule is CCC(O)(OP(=O)(O)O)c1ccccc1. The van der Waals surface area contributed by atoms with E-state index in [1.54, 1.807) is 37.3 Å². The van der Waals surface area contributed by atoms with E-state index in [2.05, 4.69) is 4.52 Å². The summed E-state index contributed by atoms with van der Waals surface area (Å²) in [5, 5.41) is 9.91. The van der Waals surface area contributed by atoms with Gasteiger partial charge in [0.1, 0.15) is 0 Å². The molecule has 1 atom stereocenters. The quantitative estimate of drug-likeness (QED) is 0.538. The minimum Gasteiger partial charge on any atom is -0.361 e. The van der Waals surface area contributed by atoms with Crippen LogP contribution in [0.25, 0.3) is 0 Å². The van der Waals surface area contributed by atoms with Crippen molar-refractivity contribution < 1.29 is 24.0 Å². The molecular weight excluding hydrogens is 219 g/mol. The molecule has 0 amide bonds. The van der Waals surface area contributed by atoms with E-state index in [0.29, 0.717) is 5.56 Å². The summed E-state index contributed by atoms with van der Waals surface area (Å²) in [6.07, 6.45) is 0.0438. The van der Waals surface area contributed by atoms with Crippen LogP contribution in [0.15, 0.2) is 30.3 Å².